The number of aryl methyl sites for hydroxylation is 1. The summed E-state index contributed by atoms with van der Waals surface area (Å²) in [4.78, 5) is 34.4. The van der Waals surface area contributed by atoms with Crippen LogP contribution in [0.1, 0.15) is 27.0 Å². The second kappa shape index (κ2) is 9.41. The van der Waals surface area contributed by atoms with Gasteiger partial charge in [0.05, 0.1) is 5.02 Å². The van der Waals surface area contributed by atoms with Crippen LogP contribution < -0.4 is 15.1 Å². The predicted molar refractivity (Wildman–Crippen MR) is 117 cm³/mol. The van der Waals surface area contributed by atoms with E-state index < -0.39 is 13.8 Å². The van der Waals surface area contributed by atoms with Gasteiger partial charge in [-0.2, -0.15) is 0 Å². The summed E-state index contributed by atoms with van der Waals surface area (Å²) in [6.07, 6.45) is 2.34. The molecule has 154 valence electrons. The smallest absolute Gasteiger partial charge is 0.194 e. The van der Waals surface area contributed by atoms with Crippen molar-refractivity contribution in [3.63, 3.8) is 0 Å². The molecule has 3 rings (SSSR count). The van der Waals surface area contributed by atoms with Gasteiger partial charge < -0.3 is 19.7 Å². The molecule has 0 spiro atoms. The number of benzene rings is 3. The number of hydrogen-bond donors (Lipinski definition) is 1. The van der Waals surface area contributed by atoms with Gasteiger partial charge in [0, 0.05) is 22.5 Å². The molecule has 0 saturated heterocycles. The summed E-state index contributed by atoms with van der Waals surface area (Å²) in [5, 5.41) is 3.53. The second-order valence-corrected chi connectivity index (χ2v) is 8.74. The lowest BCUT2D eigenvalue weighted by Crippen LogP contribution is -2.15. The van der Waals surface area contributed by atoms with Crippen molar-refractivity contribution >= 4 is 42.4 Å². The van der Waals surface area contributed by atoms with Gasteiger partial charge in [-0.15, -0.1) is 0 Å². The van der Waals surface area contributed by atoms with Crippen LogP contribution in [0.5, 0.6) is 0 Å². The highest BCUT2D eigenvalue weighted by Gasteiger charge is 2.15. The molecule has 7 heteroatoms. The molecule has 3 aromatic rings. The third-order valence-electron chi connectivity index (χ3n) is 4.47. The number of rotatable bonds is 7. The molecule has 0 heterocycles. The molecule has 30 heavy (non-hydrogen) atoms. The molecule has 1 N–H and O–H groups in total. The summed E-state index contributed by atoms with van der Waals surface area (Å²) < 4.78 is 10.8. The standard InChI is InChI=1S/C23H21ClNO4P/c1-16-7-2-4-10-19(16)23(26)20-13-12-18(15-21(20)24)25-22-11-5-3-8-17(22)9-6-14-30(27,28)29/h2-13,15,25H,14H2,1H3,(H2,27,28,29)/p-2/b9-6+. The maximum absolute atomic E-state index is 12.8. The molecule has 0 fully saturated rings. The molecule has 0 radical (unpaired) electrons. The first kappa shape index (κ1) is 22.0. The first-order chi connectivity index (χ1) is 14.2. The summed E-state index contributed by atoms with van der Waals surface area (Å²) in [7, 11) is -4.59. The van der Waals surface area contributed by atoms with Crippen molar-refractivity contribution in [2.24, 2.45) is 0 Å². The lowest BCUT2D eigenvalue weighted by atomic mass is 9.99. The normalized spacial score (nSPS) is 11.6. The Morgan fingerprint density at radius 3 is 2.43 bits per heavy atom. The fourth-order valence-electron chi connectivity index (χ4n) is 2.97. The predicted octanol–water partition coefficient (Wildman–Crippen LogP) is 4.55. The van der Waals surface area contributed by atoms with E-state index in [-0.39, 0.29) is 5.78 Å². The SMILES string of the molecule is Cc1ccccc1C(=O)c1ccc(Nc2ccccc2/C=C/CP(=O)([O-])[O-])cc1Cl. The number of carbonyl (C=O) groups is 1. The molecule has 0 aliphatic rings. The third-order valence-corrected chi connectivity index (χ3v) is 5.44. The molecular formula is C23H19ClNO4P-2. The van der Waals surface area contributed by atoms with E-state index in [0.29, 0.717) is 33.1 Å². The Morgan fingerprint density at radius 2 is 1.73 bits per heavy atom. The average Bonchev–Trinajstić information content (AvgIpc) is 2.68. The van der Waals surface area contributed by atoms with Crippen molar-refractivity contribution in [2.45, 2.75) is 6.92 Å². The molecule has 3 aromatic carbocycles. The zero-order valence-electron chi connectivity index (χ0n) is 16.2. The Labute approximate surface area is 180 Å². The van der Waals surface area contributed by atoms with Crippen LogP contribution in [0.3, 0.4) is 0 Å². The number of anilines is 2. The maximum atomic E-state index is 12.8. The Hall–Kier alpha value is -2.69. The Balaban J connectivity index is 1.83. The van der Waals surface area contributed by atoms with Crippen LogP contribution in [-0.2, 0) is 4.57 Å². The van der Waals surface area contributed by atoms with Crippen LogP contribution in [0.4, 0.5) is 11.4 Å². The zero-order valence-corrected chi connectivity index (χ0v) is 17.8. The molecule has 0 atom stereocenters. The minimum atomic E-state index is -4.59. The molecular weight excluding hydrogens is 421 g/mol. The minimum absolute atomic E-state index is 0.146. The maximum Gasteiger partial charge on any atom is 0.194 e. The van der Waals surface area contributed by atoms with Gasteiger partial charge in [0.1, 0.15) is 0 Å². The van der Waals surface area contributed by atoms with Crippen LogP contribution >= 0.6 is 19.2 Å². The summed E-state index contributed by atoms with van der Waals surface area (Å²) >= 11 is 6.39. The molecule has 0 aliphatic heterocycles. The van der Waals surface area contributed by atoms with Crippen molar-refractivity contribution < 1.29 is 19.1 Å². The molecule has 0 unspecified atom stereocenters. The van der Waals surface area contributed by atoms with Gasteiger partial charge >= 0.3 is 0 Å². The van der Waals surface area contributed by atoms with Gasteiger partial charge in [-0.05, 0) is 48.5 Å². The number of para-hydroxylation sites is 1. The van der Waals surface area contributed by atoms with E-state index in [0.717, 1.165) is 5.56 Å². The van der Waals surface area contributed by atoms with E-state index in [9.17, 15) is 19.1 Å². The van der Waals surface area contributed by atoms with Gasteiger partial charge in [0.15, 0.2) is 5.78 Å². The van der Waals surface area contributed by atoms with E-state index in [2.05, 4.69) is 5.32 Å². The van der Waals surface area contributed by atoms with Crippen LogP contribution in [0, 0.1) is 6.92 Å². The highest BCUT2D eigenvalue weighted by atomic mass is 35.5. The highest BCUT2D eigenvalue weighted by molar-refractivity contribution is 7.49. The average molecular weight is 440 g/mol. The number of halogens is 1. The Bertz CT molecular complexity index is 1150. The van der Waals surface area contributed by atoms with Gasteiger partial charge in [0.2, 0.25) is 0 Å². The van der Waals surface area contributed by atoms with Crippen LogP contribution in [0.15, 0.2) is 72.8 Å². The summed E-state index contributed by atoms with van der Waals surface area (Å²) in [5.41, 5.74) is 3.97. The summed E-state index contributed by atoms with van der Waals surface area (Å²) in [6.45, 7) is 1.88. The van der Waals surface area contributed by atoms with Crippen molar-refractivity contribution in [3.8, 4) is 0 Å². The summed E-state index contributed by atoms with van der Waals surface area (Å²) in [5.74, 6) is -0.146. The van der Waals surface area contributed by atoms with E-state index in [1.54, 1.807) is 42.5 Å². The summed E-state index contributed by atoms with van der Waals surface area (Å²) in [6, 6.07) is 19.6. The Morgan fingerprint density at radius 1 is 1.03 bits per heavy atom. The van der Waals surface area contributed by atoms with E-state index in [1.807, 2.05) is 37.3 Å². The molecule has 0 bridgehead atoms. The van der Waals surface area contributed by atoms with Crippen molar-refractivity contribution in [2.75, 3.05) is 11.5 Å². The molecule has 0 aromatic heterocycles. The van der Waals surface area contributed by atoms with Crippen LogP contribution in [0.2, 0.25) is 5.02 Å². The molecule has 0 saturated carbocycles. The lowest BCUT2D eigenvalue weighted by molar-refractivity contribution is -0.312. The van der Waals surface area contributed by atoms with E-state index in [4.69, 9.17) is 11.6 Å². The van der Waals surface area contributed by atoms with Gasteiger partial charge in [0.25, 0.3) is 0 Å². The van der Waals surface area contributed by atoms with Crippen LogP contribution in [-0.4, -0.2) is 11.9 Å². The fraction of sp³-hybridized carbons (Fsp3) is 0.0870. The first-order valence-corrected chi connectivity index (χ1v) is 11.3. The van der Waals surface area contributed by atoms with E-state index >= 15 is 0 Å². The highest BCUT2D eigenvalue weighted by Crippen LogP contribution is 2.29. The van der Waals surface area contributed by atoms with E-state index in [1.165, 1.54) is 6.08 Å². The lowest BCUT2D eigenvalue weighted by Gasteiger charge is -2.27. The largest absolute Gasteiger partial charge is 0.811 e. The van der Waals surface area contributed by atoms with Gasteiger partial charge in [-0.3, -0.25) is 4.79 Å². The van der Waals surface area contributed by atoms with Crippen molar-refractivity contribution in [3.05, 3.63) is 100 Å². The number of carbonyl (C=O) groups excluding carboxylic acids is 1. The first-order valence-electron chi connectivity index (χ1n) is 9.18. The third kappa shape index (κ3) is 5.68. The quantitative estimate of drug-likeness (QED) is 0.430. The number of allylic oxidation sites excluding steroid dienone is 1. The fourth-order valence-corrected chi connectivity index (χ4v) is 3.60. The number of ketones is 1. The molecule has 0 amide bonds. The van der Waals surface area contributed by atoms with Crippen LogP contribution in [0.25, 0.3) is 6.08 Å². The molecule has 0 aliphatic carbocycles. The second-order valence-electron chi connectivity index (χ2n) is 6.75. The number of hydrogen-bond acceptors (Lipinski definition) is 5. The topological polar surface area (TPSA) is 92.3 Å². The van der Waals surface area contributed by atoms with Gasteiger partial charge in [-0.25, -0.2) is 0 Å². The monoisotopic (exact) mass is 439 g/mol. The Kier molecular flexibility index (Phi) is 6.91. The van der Waals surface area contributed by atoms with Gasteiger partial charge in [-0.1, -0.05) is 73.8 Å². The van der Waals surface area contributed by atoms with Crippen molar-refractivity contribution in [1.29, 1.82) is 0 Å². The van der Waals surface area contributed by atoms with Crippen molar-refractivity contribution in [1.82, 2.24) is 0 Å². The zero-order chi connectivity index (χ0) is 21.7. The molecule has 5 nitrogen and oxygen atoms in total. The number of nitrogens with one attached hydrogen (secondary N) is 1. The minimum Gasteiger partial charge on any atom is -0.811 e.